The van der Waals surface area contributed by atoms with E-state index in [0.29, 0.717) is 0 Å². The highest BCUT2D eigenvalue weighted by molar-refractivity contribution is 5.46. The van der Waals surface area contributed by atoms with Gasteiger partial charge in [0.2, 0.25) is 0 Å². The Bertz CT molecular complexity index is 354. The van der Waals surface area contributed by atoms with E-state index in [2.05, 4.69) is 41.6 Å². The molecule has 0 aromatic carbocycles. The molecule has 1 aliphatic rings. The standard InChI is InChI=1S/C14H23N3/c1-12(2)11-16-4-6-17(7-5-16)14-8-13(3)9-15-10-14/h8-10,12H,4-7,11H2,1-3H3. The third-order valence-corrected chi connectivity index (χ3v) is 3.22. The predicted molar refractivity (Wildman–Crippen MR) is 72.5 cm³/mol. The summed E-state index contributed by atoms with van der Waals surface area (Å²) in [6, 6.07) is 2.23. The second-order valence-electron chi connectivity index (χ2n) is 5.40. The van der Waals surface area contributed by atoms with E-state index in [-0.39, 0.29) is 0 Å². The summed E-state index contributed by atoms with van der Waals surface area (Å²) in [4.78, 5) is 9.27. The first-order valence-corrected chi connectivity index (χ1v) is 6.54. The Kier molecular flexibility index (Phi) is 4.00. The fraction of sp³-hybridized carbons (Fsp3) is 0.643. The van der Waals surface area contributed by atoms with Crippen molar-refractivity contribution in [3.63, 3.8) is 0 Å². The van der Waals surface area contributed by atoms with Crippen molar-refractivity contribution < 1.29 is 0 Å². The van der Waals surface area contributed by atoms with E-state index in [1.165, 1.54) is 30.9 Å². The first-order chi connectivity index (χ1) is 8.15. The molecule has 1 fully saturated rings. The van der Waals surface area contributed by atoms with E-state index in [4.69, 9.17) is 0 Å². The molecule has 0 aliphatic carbocycles. The van der Waals surface area contributed by atoms with Crippen LogP contribution >= 0.6 is 0 Å². The quantitative estimate of drug-likeness (QED) is 0.797. The monoisotopic (exact) mass is 233 g/mol. The minimum absolute atomic E-state index is 0.766. The van der Waals surface area contributed by atoms with Gasteiger partial charge in [-0.05, 0) is 24.5 Å². The van der Waals surface area contributed by atoms with Crippen LogP contribution in [0.25, 0.3) is 0 Å². The predicted octanol–water partition coefficient (Wildman–Crippen LogP) is 2.17. The zero-order valence-corrected chi connectivity index (χ0v) is 11.2. The summed E-state index contributed by atoms with van der Waals surface area (Å²) < 4.78 is 0. The van der Waals surface area contributed by atoms with Crippen LogP contribution in [0.4, 0.5) is 5.69 Å². The van der Waals surface area contributed by atoms with Crippen LogP contribution < -0.4 is 4.90 Å². The molecule has 1 saturated heterocycles. The number of hydrogen-bond acceptors (Lipinski definition) is 3. The van der Waals surface area contributed by atoms with E-state index < -0.39 is 0 Å². The Morgan fingerprint density at radius 3 is 2.47 bits per heavy atom. The molecule has 0 unspecified atom stereocenters. The number of aryl methyl sites for hydroxylation is 1. The van der Waals surface area contributed by atoms with Crippen LogP contribution in [-0.4, -0.2) is 42.6 Å². The first-order valence-electron chi connectivity index (χ1n) is 6.54. The lowest BCUT2D eigenvalue weighted by Crippen LogP contribution is -2.47. The van der Waals surface area contributed by atoms with Gasteiger partial charge in [0.25, 0.3) is 0 Å². The SMILES string of the molecule is Cc1cncc(N2CCN(CC(C)C)CC2)c1. The highest BCUT2D eigenvalue weighted by Gasteiger charge is 2.17. The summed E-state index contributed by atoms with van der Waals surface area (Å²) in [5.74, 6) is 0.766. The maximum absolute atomic E-state index is 4.27. The van der Waals surface area contributed by atoms with Crippen LogP contribution in [0.15, 0.2) is 18.5 Å². The van der Waals surface area contributed by atoms with Gasteiger partial charge in [-0.1, -0.05) is 13.8 Å². The third-order valence-electron chi connectivity index (χ3n) is 3.22. The van der Waals surface area contributed by atoms with Gasteiger partial charge in [0.1, 0.15) is 0 Å². The van der Waals surface area contributed by atoms with Gasteiger partial charge in [-0.3, -0.25) is 9.88 Å². The molecule has 1 aliphatic heterocycles. The van der Waals surface area contributed by atoms with Gasteiger partial charge in [-0.25, -0.2) is 0 Å². The summed E-state index contributed by atoms with van der Waals surface area (Å²) in [5.41, 5.74) is 2.52. The second-order valence-corrected chi connectivity index (χ2v) is 5.40. The summed E-state index contributed by atoms with van der Waals surface area (Å²) in [5, 5.41) is 0. The van der Waals surface area contributed by atoms with Crippen LogP contribution in [0.1, 0.15) is 19.4 Å². The molecule has 1 aromatic heterocycles. The van der Waals surface area contributed by atoms with Crippen molar-refractivity contribution >= 4 is 5.69 Å². The number of hydrogen-bond donors (Lipinski definition) is 0. The first kappa shape index (κ1) is 12.4. The Labute approximate surface area is 104 Å². The summed E-state index contributed by atoms with van der Waals surface area (Å²) in [6.45, 7) is 12.5. The molecule has 1 aromatic rings. The van der Waals surface area contributed by atoms with Gasteiger partial charge in [0, 0.05) is 38.9 Å². The number of piperazine rings is 1. The van der Waals surface area contributed by atoms with Crippen molar-refractivity contribution in [2.75, 3.05) is 37.6 Å². The van der Waals surface area contributed by atoms with E-state index in [1.54, 1.807) is 0 Å². The number of nitrogens with zero attached hydrogens (tertiary/aromatic N) is 3. The molecular formula is C14H23N3. The van der Waals surface area contributed by atoms with Crippen molar-refractivity contribution in [2.45, 2.75) is 20.8 Å². The molecule has 0 saturated carbocycles. The lowest BCUT2D eigenvalue weighted by Gasteiger charge is -2.36. The summed E-state index contributed by atoms with van der Waals surface area (Å²) in [6.07, 6.45) is 3.89. The van der Waals surface area contributed by atoms with Crippen molar-refractivity contribution in [3.05, 3.63) is 24.0 Å². The van der Waals surface area contributed by atoms with Gasteiger partial charge in [-0.15, -0.1) is 0 Å². The minimum Gasteiger partial charge on any atom is -0.368 e. The topological polar surface area (TPSA) is 19.4 Å². The Morgan fingerprint density at radius 1 is 1.18 bits per heavy atom. The molecule has 0 N–H and O–H groups in total. The summed E-state index contributed by atoms with van der Waals surface area (Å²) in [7, 11) is 0. The van der Waals surface area contributed by atoms with Crippen LogP contribution in [0.3, 0.4) is 0 Å². The van der Waals surface area contributed by atoms with Gasteiger partial charge >= 0.3 is 0 Å². The van der Waals surface area contributed by atoms with Crippen LogP contribution in [0.2, 0.25) is 0 Å². The third kappa shape index (κ3) is 3.43. The second kappa shape index (κ2) is 5.50. The molecule has 94 valence electrons. The van der Waals surface area contributed by atoms with Crippen LogP contribution in [-0.2, 0) is 0 Å². The Hall–Kier alpha value is -1.09. The fourth-order valence-electron chi connectivity index (χ4n) is 2.42. The lowest BCUT2D eigenvalue weighted by atomic mass is 10.2. The molecule has 2 heterocycles. The number of pyridine rings is 1. The van der Waals surface area contributed by atoms with Crippen LogP contribution in [0, 0.1) is 12.8 Å². The molecule has 3 heteroatoms. The van der Waals surface area contributed by atoms with Gasteiger partial charge in [0.15, 0.2) is 0 Å². The average Bonchev–Trinajstić information content (AvgIpc) is 2.29. The number of anilines is 1. The van der Waals surface area contributed by atoms with E-state index >= 15 is 0 Å². The zero-order valence-electron chi connectivity index (χ0n) is 11.2. The molecule has 17 heavy (non-hydrogen) atoms. The Balaban J connectivity index is 1.91. The molecular weight excluding hydrogens is 210 g/mol. The molecule has 0 atom stereocenters. The largest absolute Gasteiger partial charge is 0.368 e. The molecule has 3 nitrogen and oxygen atoms in total. The van der Waals surface area contributed by atoms with Gasteiger partial charge in [0.05, 0.1) is 11.9 Å². The van der Waals surface area contributed by atoms with Crippen LogP contribution in [0.5, 0.6) is 0 Å². The average molecular weight is 233 g/mol. The maximum Gasteiger partial charge on any atom is 0.0556 e. The molecule has 0 radical (unpaired) electrons. The van der Waals surface area contributed by atoms with E-state index in [0.717, 1.165) is 19.0 Å². The van der Waals surface area contributed by atoms with Crippen molar-refractivity contribution in [1.82, 2.24) is 9.88 Å². The molecule has 0 amide bonds. The number of rotatable bonds is 3. The highest BCUT2D eigenvalue weighted by atomic mass is 15.3. The minimum atomic E-state index is 0.766. The Morgan fingerprint density at radius 2 is 1.88 bits per heavy atom. The van der Waals surface area contributed by atoms with E-state index in [1.807, 2.05) is 12.4 Å². The van der Waals surface area contributed by atoms with Crippen molar-refractivity contribution in [1.29, 1.82) is 0 Å². The van der Waals surface area contributed by atoms with Gasteiger partial charge < -0.3 is 4.90 Å². The van der Waals surface area contributed by atoms with Crippen molar-refractivity contribution in [2.24, 2.45) is 5.92 Å². The zero-order chi connectivity index (χ0) is 12.3. The maximum atomic E-state index is 4.27. The van der Waals surface area contributed by atoms with E-state index in [9.17, 15) is 0 Å². The normalized spacial score (nSPS) is 17.8. The fourth-order valence-corrected chi connectivity index (χ4v) is 2.42. The van der Waals surface area contributed by atoms with Gasteiger partial charge in [-0.2, -0.15) is 0 Å². The lowest BCUT2D eigenvalue weighted by molar-refractivity contribution is 0.231. The molecule has 0 spiro atoms. The number of aromatic nitrogens is 1. The molecule has 2 rings (SSSR count). The smallest absolute Gasteiger partial charge is 0.0556 e. The summed E-state index contributed by atoms with van der Waals surface area (Å²) >= 11 is 0. The van der Waals surface area contributed by atoms with Crippen molar-refractivity contribution in [3.8, 4) is 0 Å². The highest BCUT2D eigenvalue weighted by Crippen LogP contribution is 2.16. The molecule has 0 bridgehead atoms.